The molecule has 0 bridgehead atoms. The van der Waals surface area contributed by atoms with Gasteiger partial charge in [-0.25, -0.2) is 4.99 Å². The number of amides is 1. The molecule has 5 nitrogen and oxygen atoms in total. The normalized spacial score (nSPS) is 17.2. The number of nitrogens with one attached hydrogen (secondary N) is 2. The minimum Gasteiger partial charge on any atom is -0.357 e. The van der Waals surface area contributed by atoms with E-state index >= 15 is 0 Å². The zero-order valence-corrected chi connectivity index (χ0v) is 18.1. The van der Waals surface area contributed by atoms with Crippen LogP contribution in [0.5, 0.6) is 0 Å². The van der Waals surface area contributed by atoms with Gasteiger partial charge < -0.3 is 15.5 Å². The second kappa shape index (κ2) is 10.6. The number of hydrogen-bond acceptors (Lipinski definition) is 2. The Hall–Kier alpha value is -1.31. The van der Waals surface area contributed by atoms with Crippen LogP contribution in [0.3, 0.4) is 0 Å². The van der Waals surface area contributed by atoms with Gasteiger partial charge in [-0.1, -0.05) is 30.7 Å². The van der Waals surface area contributed by atoms with Crippen molar-refractivity contribution in [3.8, 4) is 0 Å². The lowest BCUT2D eigenvalue weighted by Crippen LogP contribution is -2.45. The zero-order valence-electron chi connectivity index (χ0n) is 15.8. The average molecular weight is 458 g/mol. The van der Waals surface area contributed by atoms with E-state index in [-0.39, 0.29) is 35.9 Å². The SMILES string of the molecule is CCNC(=NCc1ccc(C)cc1C)NC1CCN(C(=O)CC)C1.I. The van der Waals surface area contributed by atoms with Gasteiger partial charge in [-0.15, -0.1) is 24.0 Å². The van der Waals surface area contributed by atoms with Crippen LogP contribution in [0.25, 0.3) is 0 Å². The molecule has 1 aliphatic heterocycles. The van der Waals surface area contributed by atoms with Crippen molar-refractivity contribution in [2.45, 2.75) is 53.1 Å². The summed E-state index contributed by atoms with van der Waals surface area (Å²) in [5.74, 6) is 1.06. The fourth-order valence-corrected chi connectivity index (χ4v) is 3.03. The highest BCUT2D eigenvalue weighted by Crippen LogP contribution is 2.12. The van der Waals surface area contributed by atoms with Gasteiger partial charge in [0, 0.05) is 32.1 Å². The van der Waals surface area contributed by atoms with Crippen molar-refractivity contribution in [3.05, 3.63) is 34.9 Å². The number of halogens is 1. The lowest BCUT2D eigenvalue weighted by Gasteiger charge is -2.18. The number of guanidine groups is 1. The van der Waals surface area contributed by atoms with E-state index in [4.69, 9.17) is 4.99 Å². The van der Waals surface area contributed by atoms with Crippen LogP contribution in [0, 0.1) is 13.8 Å². The van der Waals surface area contributed by atoms with Gasteiger partial charge in [-0.3, -0.25) is 4.79 Å². The molecule has 6 heteroatoms. The lowest BCUT2D eigenvalue weighted by molar-refractivity contribution is -0.129. The summed E-state index contributed by atoms with van der Waals surface area (Å²) in [6.07, 6.45) is 1.55. The average Bonchev–Trinajstić information content (AvgIpc) is 3.02. The number of rotatable bonds is 5. The predicted molar refractivity (Wildman–Crippen MR) is 115 cm³/mol. The fourth-order valence-electron chi connectivity index (χ4n) is 3.03. The number of benzene rings is 1. The van der Waals surface area contributed by atoms with E-state index in [1.807, 2.05) is 11.8 Å². The molecule has 0 spiro atoms. The Morgan fingerprint density at radius 2 is 2.08 bits per heavy atom. The first-order valence-corrected chi connectivity index (χ1v) is 8.92. The van der Waals surface area contributed by atoms with Crippen LogP contribution in [0.15, 0.2) is 23.2 Å². The summed E-state index contributed by atoms with van der Waals surface area (Å²) in [7, 11) is 0. The standard InChI is InChI=1S/C19H30N4O.HI/c1-5-18(24)23-10-9-17(13-23)22-19(20-6-2)21-12-16-8-7-14(3)11-15(16)4;/h7-8,11,17H,5-6,9-10,12-13H2,1-4H3,(H2,20,21,22);1H. The van der Waals surface area contributed by atoms with E-state index in [0.29, 0.717) is 13.0 Å². The molecule has 1 saturated heterocycles. The van der Waals surface area contributed by atoms with E-state index in [0.717, 1.165) is 32.0 Å². The Labute approximate surface area is 168 Å². The molecule has 0 aromatic heterocycles. The summed E-state index contributed by atoms with van der Waals surface area (Å²) in [6.45, 7) is 11.3. The van der Waals surface area contributed by atoms with Crippen LogP contribution in [0.2, 0.25) is 0 Å². The molecule has 1 heterocycles. The molecule has 140 valence electrons. The molecule has 0 radical (unpaired) electrons. The van der Waals surface area contributed by atoms with Crippen molar-refractivity contribution in [2.24, 2.45) is 4.99 Å². The maximum atomic E-state index is 11.8. The summed E-state index contributed by atoms with van der Waals surface area (Å²) in [4.78, 5) is 18.5. The van der Waals surface area contributed by atoms with E-state index < -0.39 is 0 Å². The van der Waals surface area contributed by atoms with Gasteiger partial charge >= 0.3 is 0 Å². The third-order valence-electron chi connectivity index (χ3n) is 4.43. The molecule has 1 aromatic carbocycles. The summed E-state index contributed by atoms with van der Waals surface area (Å²) < 4.78 is 0. The number of carbonyl (C=O) groups excluding carboxylic acids is 1. The van der Waals surface area contributed by atoms with Crippen molar-refractivity contribution >= 4 is 35.8 Å². The molecule has 25 heavy (non-hydrogen) atoms. The summed E-state index contributed by atoms with van der Waals surface area (Å²) in [6, 6.07) is 6.74. The van der Waals surface area contributed by atoms with Gasteiger partial charge in [0.25, 0.3) is 0 Å². The van der Waals surface area contributed by atoms with Crippen molar-refractivity contribution in [2.75, 3.05) is 19.6 Å². The third kappa shape index (κ3) is 6.49. The van der Waals surface area contributed by atoms with Crippen molar-refractivity contribution in [1.29, 1.82) is 0 Å². The number of carbonyl (C=O) groups is 1. The first-order chi connectivity index (χ1) is 11.5. The van der Waals surface area contributed by atoms with E-state index in [1.54, 1.807) is 0 Å². The molecule has 2 N–H and O–H groups in total. The molecule has 1 atom stereocenters. The number of nitrogens with zero attached hydrogens (tertiary/aromatic N) is 2. The Morgan fingerprint density at radius 3 is 2.72 bits per heavy atom. The fraction of sp³-hybridized carbons (Fsp3) is 0.579. The molecular weight excluding hydrogens is 427 g/mol. The van der Waals surface area contributed by atoms with Gasteiger partial charge in [0.15, 0.2) is 5.96 Å². The maximum Gasteiger partial charge on any atom is 0.222 e. The first-order valence-electron chi connectivity index (χ1n) is 8.92. The van der Waals surface area contributed by atoms with Crippen LogP contribution >= 0.6 is 24.0 Å². The molecule has 0 aliphatic carbocycles. The Balaban J connectivity index is 0.00000312. The highest BCUT2D eigenvalue weighted by molar-refractivity contribution is 14.0. The minimum absolute atomic E-state index is 0. The van der Waals surface area contributed by atoms with Crippen molar-refractivity contribution in [1.82, 2.24) is 15.5 Å². The zero-order chi connectivity index (χ0) is 17.5. The summed E-state index contributed by atoms with van der Waals surface area (Å²) in [5, 5.41) is 6.78. The van der Waals surface area contributed by atoms with Gasteiger partial charge in [0.1, 0.15) is 0 Å². The summed E-state index contributed by atoms with van der Waals surface area (Å²) in [5.41, 5.74) is 3.79. The largest absolute Gasteiger partial charge is 0.357 e. The molecular formula is C19H31IN4O. The second-order valence-corrected chi connectivity index (χ2v) is 6.45. The Kier molecular flexibility index (Phi) is 9.24. The molecule has 1 unspecified atom stereocenters. The van der Waals surface area contributed by atoms with Crippen molar-refractivity contribution in [3.63, 3.8) is 0 Å². The first kappa shape index (κ1) is 21.7. The predicted octanol–water partition coefficient (Wildman–Crippen LogP) is 2.99. The van der Waals surface area contributed by atoms with Crippen LogP contribution in [-0.2, 0) is 11.3 Å². The number of aryl methyl sites for hydroxylation is 2. The molecule has 2 rings (SSSR count). The van der Waals surface area contributed by atoms with Crippen LogP contribution in [0.1, 0.15) is 43.4 Å². The Morgan fingerprint density at radius 1 is 1.32 bits per heavy atom. The van der Waals surface area contributed by atoms with Crippen molar-refractivity contribution < 1.29 is 4.79 Å². The Bertz CT molecular complexity index is 603. The van der Waals surface area contributed by atoms with Gasteiger partial charge in [-0.05, 0) is 38.3 Å². The number of hydrogen-bond donors (Lipinski definition) is 2. The lowest BCUT2D eigenvalue weighted by atomic mass is 10.1. The molecule has 1 aliphatic rings. The quantitative estimate of drug-likeness (QED) is 0.405. The van der Waals surface area contributed by atoms with E-state index in [1.165, 1.54) is 16.7 Å². The van der Waals surface area contributed by atoms with Gasteiger partial charge in [0.05, 0.1) is 6.54 Å². The maximum absolute atomic E-state index is 11.8. The van der Waals surface area contributed by atoms with Crippen LogP contribution in [-0.4, -0.2) is 42.4 Å². The second-order valence-electron chi connectivity index (χ2n) is 6.45. The number of aliphatic imine (C=N–C) groups is 1. The van der Waals surface area contributed by atoms with Crippen LogP contribution in [0.4, 0.5) is 0 Å². The molecule has 0 saturated carbocycles. The summed E-state index contributed by atoms with van der Waals surface area (Å²) >= 11 is 0. The smallest absolute Gasteiger partial charge is 0.222 e. The van der Waals surface area contributed by atoms with Crippen LogP contribution < -0.4 is 10.6 Å². The minimum atomic E-state index is 0. The van der Waals surface area contributed by atoms with E-state index in [2.05, 4.69) is 49.6 Å². The monoisotopic (exact) mass is 458 g/mol. The topological polar surface area (TPSA) is 56.7 Å². The van der Waals surface area contributed by atoms with Gasteiger partial charge in [0.2, 0.25) is 5.91 Å². The highest BCUT2D eigenvalue weighted by Gasteiger charge is 2.25. The molecule has 1 amide bonds. The van der Waals surface area contributed by atoms with E-state index in [9.17, 15) is 4.79 Å². The van der Waals surface area contributed by atoms with Gasteiger partial charge in [-0.2, -0.15) is 0 Å². The number of likely N-dealkylation sites (tertiary alicyclic amines) is 1. The highest BCUT2D eigenvalue weighted by atomic mass is 127. The molecule has 1 aromatic rings. The third-order valence-corrected chi connectivity index (χ3v) is 4.43. The molecule has 1 fully saturated rings.